The molecule has 0 atom stereocenters. The van der Waals surface area contributed by atoms with Crippen LogP contribution < -0.4 is 5.56 Å². The lowest BCUT2D eigenvalue weighted by atomic mass is 10.1. The minimum atomic E-state index is -0.227. The molecule has 0 aliphatic heterocycles. The van der Waals surface area contributed by atoms with Crippen molar-refractivity contribution in [3.63, 3.8) is 0 Å². The van der Waals surface area contributed by atoms with Gasteiger partial charge in [-0.2, -0.15) is 9.61 Å². The molecular weight excluding hydrogens is 354 g/mol. The van der Waals surface area contributed by atoms with Crippen LogP contribution in [0.5, 0.6) is 0 Å². The molecule has 0 radical (unpaired) electrons. The quantitative estimate of drug-likeness (QED) is 0.545. The van der Waals surface area contributed by atoms with Crippen molar-refractivity contribution in [2.45, 2.75) is 6.54 Å². The van der Waals surface area contributed by atoms with Crippen LogP contribution in [-0.4, -0.2) is 54.9 Å². The van der Waals surface area contributed by atoms with E-state index >= 15 is 0 Å². The summed E-state index contributed by atoms with van der Waals surface area (Å²) in [6.45, 7) is 1.26. The second-order valence-electron chi connectivity index (χ2n) is 6.22. The van der Waals surface area contributed by atoms with Gasteiger partial charge in [0.05, 0.1) is 6.20 Å². The van der Waals surface area contributed by atoms with Crippen LogP contribution in [0.25, 0.3) is 27.9 Å². The highest BCUT2D eigenvalue weighted by Gasteiger charge is 2.15. The Labute approximate surface area is 153 Å². The monoisotopic (exact) mass is 369 g/mol. The van der Waals surface area contributed by atoms with Crippen LogP contribution in [0.3, 0.4) is 0 Å². The third-order valence-electron chi connectivity index (χ3n) is 4.13. The molecule has 0 saturated heterocycles. The normalized spacial score (nSPS) is 11.7. The van der Waals surface area contributed by atoms with E-state index in [1.165, 1.54) is 10.9 Å². The van der Waals surface area contributed by atoms with Gasteiger partial charge in [-0.05, 0) is 31.8 Å². The fraction of sp³-hybridized carbons (Fsp3) is 0.235. The molecule has 4 aromatic rings. The minimum absolute atomic E-state index is 0.199. The van der Waals surface area contributed by atoms with E-state index < -0.39 is 0 Å². The largest absolute Gasteiger partial charge is 0.308 e. The van der Waals surface area contributed by atoms with Crippen LogP contribution in [0.2, 0.25) is 5.02 Å². The minimum Gasteiger partial charge on any atom is -0.308 e. The lowest BCUT2D eigenvalue weighted by Gasteiger charge is -2.11. The van der Waals surface area contributed by atoms with Crippen molar-refractivity contribution in [3.8, 4) is 11.1 Å². The number of nitrogens with zero attached hydrogens (tertiary/aromatic N) is 7. The van der Waals surface area contributed by atoms with Gasteiger partial charge in [-0.25, -0.2) is 4.98 Å². The smallest absolute Gasteiger partial charge is 0.283 e. The van der Waals surface area contributed by atoms with Crippen LogP contribution in [0.15, 0.2) is 41.6 Å². The van der Waals surface area contributed by atoms with Crippen molar-refractivity contribution >= 4 is 28.4 Å². The van der Waals surface area contributed by atoms with Gasteiger partial charge in [-0.3, -0.25) is 9.36 Å². The van der Waals surface area contributed by atoms with Crippen LogP contribution in [0.4, 0.5) is 0 Å². The number of hydrogen-bond acceptors (Lipinski definition) is 6. The molecule has 8 nitrogen and oxygen atoms in total. The molecular formula is C17H16ClN7O. The second kappa shape index (κ2) is 6.47. The Bertz CT molecular complexity index is 1150. The first-order valence-corrected chi connectivity index (χ1v) is 8.42. The van der Waals surface area contributed by atoms with Gasteiger partial charge in [-0.1, -0.05) is 23.7 Å². The van der Waals surface area contributed by atoms with Gasteiger partial charge in [0, 0.05) is 23.7 Å². The third kappa shape index (κ3) is 2.83. The predicted octanol–water partition coefficient (Wildman–Crippen LogP) is 1.72. The van der Waals surface area contributed by atoms with Crippen LogP contribution in [0.1, 0.15) is 0 Å². The Morgan fingerprint density at radius 2 is 1.88 bits per heavy atom. The van der Waals surface area contributed by atoms with E-state index in [0.29, 0.717) is 22.9 Å². The molecule has 0 spiro atoms. The molecule has 0 aliphatic carbocycles. The zero-order valence-electron chi connectivity index (χ0n) is 14.3. The first-order chi connectivity index (χ1) is 12.5. The Balaban J connectivity index is 1.85. The summed E-state index contributed by atoms with van der Waals surface area (Å²) in [6.07, 6.45) is 3.21. The predicted molar refractivity (Wildman–Crippen MR) is 99.3 cm³/mol. The van der Waals surface area contributed by atoms with Crippen molar-refractivity contribution in [2.24, 2.45) is 0 Å². The average molecular weight is 370 g/mol. The fourth-order valence-electron chi connectivity index (χ4n) is 2.70. The summed E-state index contributed by atoms with van der Waals surface area (Å²) in [4.78, 5) is 19.0. The van der Waals surface area contributed by atoms with Crippen molar-refractivity contribution in [2.75, 3.05) is 20.6 Å². The highest BCUT2D eigenvalue weighted by Crippen LogP contribution is 2.25. The van der Waals surface area contributed by atoms with E-state index in [0.717, 1.165) is 17.7 Å². The van der Waals surface area contributed by atoms with Crippen molar-refractivity contribution < 1.29 is 0 Å². The molecule has 3 aromatic heterocycles. The zero-order chi connectivity index (χ0) is 18.3. The van der Waals surface area contributed by atoms with Crippen LogP contribution in [-0.2, 0) is 6.54 Å². The molecule has 3 heterocycles. The molecule has 132 valence electrons. The number of fused-ring (bicyclic) bond motifs is 3. The Morgan fingerprint density at radius 3 is 2.62 bits per heavy atom. The Kier molecular flexibility index (Phi) is 4.14. The van der Waals surface area contributed by atoms with E-state index in [1.807, 2.05) is 31.1 Å². The fourth-order valence-corrected chi connectivity index (χ4v) is 2.83. The van der Waals surface area contributed by atoms with E-state index in [1.54, 1.807) is 22.8 Å². The van der Waals surface area contributed by atoms with Gasteiger partial charge in [0.2, 0.25) is 0 Å². The zero-order valence-corrected chi connectivity index (χ0v) is 15.1. The van der Waals surface area contributed by atoms with Crippen molar-refractivity contribution in [3.05, 3.63) is 52.2 Å². The number of rotatable bonds is 4. The Morgan fingerprint density at radius 1 is 1.12 bits per heavy atom. The maximum atomic E-state index is 12.6. The Hall–Kier alpha value is -2.84. The second-order valence-corrected chi connectivity index (χ2v) is 6.66. The lowest BCUT2D eigenvalue weighted by molar-refractivity contribution is 0.380. The number of benzene rings is 1. The summed E-state index contributed by atoms with van der Waals surface area (Å²) in [5.41, 5.74) is 2.62. The summed E-state index contributed by atoms with van der Waals surface area (Å²) in [5.74, 6) is 0. The molecule has 0 saturated carbocycles. The molecule has 9 heteroatoms. The number of halogens is 1. The highest BCUT2D eigenvalue weighted by atomic mass is 35.5. The first kappa shape index (κ1) is 16.6. The molecule has 0 N–H and O–H groups in total. The average Bonchev–Trinajstić information content (AvgIpc) is 3.06. The van der Waals surface area contributed by atoms with E-state index in [2.05, 4.69) is 20.3 Å². The van der Waals surface area contributed by atoms with Gasteiger partial charge >= 0.3 is 0 Å². The molecule has 0 bridgehead atoms. The van der Waals surface area contributed by atoms with E-state index in [9.17, 15) is 4.79 Å². The summed E-state index contributed by atoms with van der Waals surface area (Å²) in [5, 5.41) is 13.4. The maximum absolute atomic E-state index is 12.6. The SMILES string of the molecule is CN(C)CCn1cnc2c(nnc3c(-c4ccc(Cl)cc4)cnn32)c1=O. The molecule has 0 unspecified atom stereocenters. The highest BCUT2D eigenvalue weighted by molar-refractivity contribution is 6.30. The standard InChI is InChI=1S/C17H16ClN7O/c1-23(2)7-8-24-10-19-16-14(17(24)26)21-22-15-13(9-20-25(15)16)11-3-5-12(18)6-4-11/h3-6,9-10H,7-8H2,1-2H3. The lowest BCUT2D eigenvalue weighted by Crippen LogP contribution is -2.28. The van der Waals surface area contributed by atoms with Gasteiger partial charge in [0.1, 0.15) is 6.33 Å². The van der Waals surface area contributed by atoms with E-state index in [4.69, 9.17) is 11.6 Å². The maximum Gasteiger partial charge on any atom is 0.283 e. The van der Waals surface area contributed by atoms with Gasteiger partial charge in [0.25, 0.3) is 5.56 Å². The first-order valence-electron chi connectivity index (χ1n) is 8.05. The third-order valence-corrected chi connectivity index (χ3v) is 4.38. The molecule has 0 aliphatic rings. The van der Waals surface area contributed by atoms with Gasteiger partial charge in [0.15, 0.2) is 16.8 Å². The van der Waals surface area contributed by atoms with Crippen molar-refractivity contribution in [1.82, 2.24) is 34.3 Å². The van der Waals surface area contributed by atoms with E-state index in [-0.39, 0.29) is 11.1 Å². The summed E-state index contributed by atoms with van der Waals surface area (Å²) in [6, 6.07) is 7.38. The van der Waals surface area contributed by atoms with Gasteiger partial charge in [-0.15, -0.1) is 10.2 Å². The molecule has 4 rings (SSSR count). The molecule has 0 amide bonds. The van der Waals surface area contributed by atoms with Crippen LogP contribution in [0, 0.1) is 0 Å². The summed E-state index contributed by atoms with van der Waals surface area (Å²) in [7, 11) is 3.90. The molecule has 26 heavy (non-hydrogen) atoms. The van der Waals surface area contributed by atoms with Crippen molar-refractivity contribution in [1.29, 1.82) is 0 Å². The molecule has 1 aromatic carbocycles. The molecule has 0 fully saturated rings. The van der Waals surface area contributed by atoms with Gasteiger partial charge < -0.3 is 4.90 Å². The number of likely N-dealkylation sites (N-methyl/N-ethyl adjacent to an activating group) is 1. The number of hydrogen-bond donors (Lipinski definition) is 0. The number of aromatic nitrogens is 6. The summed E-state index contributed by atoms with van der Waals surface area (Å²) >= 11 is 5.95. The topological polar surface area (TPSA) is 81.2 Å². The van der Waals surface area contributed by atoms with Crippen LogP contribution >= 0.6 is 11.6 Å². The summed E-state index contributed by atoms with van der Waals surface area (Å²) < 4.78 is 3.08.